The zero-order valence-corrected chi connectivity index (χ0v) is 43.5. The number of likely N-dealkylation sites (N-methyl/N-ethyl adjacent to an activating group) is 1. The van der Waals surface area contributed by atoms with Crippen LogP contribution in [0.5, 0.6) is 0 Å². The molecule has 5 fully saturated rings. The van der Waals surface area contributed by atoms with Crippen molar-refractivity contribution in [1.29, 1.82) is 0 Å². The molecule has 1 aliphatic carbocycles. The number of carbonyl (C=O) groups excluding carboxylic acids is 3. The van der Waals surface area contributed by atoms with Gasteiger partial charge in [-0.05, 0) is 92.7 Å². The molecule has 6 aliphatic rings. The van der Waals surface area contributed by atoms with Crippen LogP contribution in [-0.2, 0) is 46.3 Å². The van der Waals surface area contributed by atoms with Crippen molar-refractivity contribution in [3.63, 3.8) is 0 Å². The van der Waals surface area contributed by atoms with E-state index in [0.29, 0.717) is 58.1 Å². The van der Waals surface area contributed by atoms with Crippen molar-refractivity contribution in [2.75, 3.05) is 73.3 Å². The van der Waals surface area contributed by atoms with E-state index in [0.717, 1.165) is 88.7 Å². The summed E-state index contributed by atoms with van der Waals surface area (Å²) in [5.41, 5.74) is 10.9. The van der Waals surface area contributed by atoms with Crippen LogP contribution in [0, 0.1) is 28.6 Å². The van der Waals surface area contributed by atoms with Gasteiger partial charge in [0.15, 0.2) is 0 Å². The van der Waals surface area contributed by atoms with Gasteiger partial charge in [0.2, 0.25) is 5.91 Å². The predicted molar refractivity (Wildman–Crippen MR) is 270 cm³/mol. The lowest BCUT2D eigenvalue weighted by Crippen LogP contribution is -2.65. The van der Waals surface area contributed by atoms with E-state index in [-0.39, 0.29) is 53.8 Å². The molecule has 2 amide bonds. The quantitative estimate of drug-likeness (QED) is 0.147. The average molecular weight is 979 g/mol. The fourth-order valence-corrected chi connectivity index (χ4v) is 12.9. The average Bonchev–Trinajstić information content (AvgIpc) is 3.58. The number of likely N-dealkylation sites (tertiary alicyclic amines) is 2. The van der Waals surface area contributed by atoms with Gasteiger partial charge in [0.25, 0.3) is 5.91 Å². The topological polar surface area (TPSA) is 153 Å². The first kappa shape index (κ1) is 49.3. The molecule has 5 aliphatic heterocycles. The highest BCUT2D eigenvalue weighted by atomic mass is 32.1. The first-order chi connectivity index (χ1) is 33.5. The largest absolute Gasteiger partial charge is 0.464 e. The maximum absolute atomic E-state index is 15.1. The van der Waals surface area contributed by atoms with Gasteiger partial charge in [0, 0.05) is 110 Å². The molecule has 15 nitrogen and oxygen atoms in total. The number of carbonyl (C=O) groups is 3. The Bertz CT molecular complexity index is 2580. The van der Waals surface area contributed by atoms with E-state index in [9.17, 15) is 9.59 Å². The number of nitrogens with zero attached hydrogens (tertiary/aromatic N) is 6. The molecule has 1 unspecified atom stereocenters. The number of pyridine rings is 1. The number of methoxy groups -OCH3 is 1. The number of fused-ring (bicyclic) bond motifs is 6. The van der Waals surface area contributed by atoms with Crippen LogP contribution in [0.25, 0.3) is 33.4 Å². The highest BCUT2D eigenvalue weighted by Gasteiger charge is 2.52. The molecule has 70 heavy (non-hydrogen) atoms. The number of cyclic esters (lactones) is 1. The van der Waals surface area contributed by atoms with Crippen molar-refractivity contribution in [2.24, 2.45) is 28.6 Å². The molecule has 0 spiro atoms. The Balaban J connectivity index is 1.14. The Hall–Kier alpha value is -4.29. The van der Waals surface area contributed by atoms with Gasteiger partial charge in [0.1, 0.15) is 17.1 Å². The number of rotatable bonds is 11. The Morgan fingerprint density at radius 3 is 2.50 bits per heavy atom. The molecule has 4 saturated heterocycles. The maximum Gasteiger partial charge on any atom is 0.324 e. The number of ether oxygens (including phenoxy) is 4. The predicted octanol–water partition coefficient (Wildman–Crippen LogP) is 7.15. The number of hydrogen-bond donors (Lipinski definition) is 2. The van der Waals surface area contributed by atoms with E-state index in [1.54, 1.807) is 12.1 Å². The summed E-state index contributed by atoms with van der Waals surface area (Å²) in [4.78, 5) is 58.7. The number of benzene rings is 1. The van der Waals surface area contributed by atoms with Gasteiger partial charge < -0.3 is 33.7 Å². The summed E-state index contributed by atoms with van der Waals surface area (Å²) >= 11 is 1.53. The van der Waals surface area contributed by atoms with Gasteiger partial charge in [-0.25, -0.2) is 10.4 Å². The van der Waals surface area contributed by atoms with Gasteiger partial charge in [-0.1, -0.05) is 47.6 Å². The van der Waals surface area contributed by atoms with Crippen molar-refractivity contribution < 1.29 is 33.3 Å². The number of hydrazine groups is 1. The highest BCUT2D eigenvalue weighted by molar-refractivity contribution is 7.10. The van der Waals surface area contributed by atoms with Gasteiger partial charge in [0.05, 0.1) is 48.5 Å². The van der Waals surface area contributed by atoms with Crippen LogP contribution in [0.2, 0.25) is 0 Å². The first-order valence-corrected chi connectivity index (χ1v) is 26.7. The molecule has 10 rings (SSSR count). The fraction of sp³-hybridized carbons (Fsp3) is 0.648. The fourth-order valence-electron chi connectivity index (χ4n) is 11.9. The van der Waals surface area contributed by atoms with Crippen LogP contribution in [0.3, 0.4) is 0 Å². The van der Waals surface area contributed by atoms with Crippen molar-refractivity contribution in [3.05, 3.63) is 57.7 Å². The van der Waals surface area contributed by atoms with E-state index in [4.69, 9.17) is 28.9 Å². The molecule has 1 saturated carbocycles. The molecule has 2 N–H and O–H groups in total. The summed E-state index contributed by atoms with van der Waals surface area (Å²) in [5, 5.41) is 8.79. The number of nitrogens with one attached hydrogen (secondary N) is 2. The summed E-state index contributed by atoms with van der Waals surface area (Å²) in [6.07, 6.45) is 5.35. The third kappa shape index (κ3) is 9.82. The zero-order valence-electron chi connectivity index (χ0n) is 42.7. The molecule has 1 aromatic carbocycles. The monoisotopic (exact) mass is 979 g/mol. The van der Waals surface area contributed by atoms with E-state index >= 15 is 4.79 Å². The van der Waals surface area contributed by atoms with Crippen LogP contribution < -0.4 is 10.7 Å². The second kappa shape index (κ2) is 19.6. The molecule has 7 atom stereocenters. The van der Waals surface area contributed by atoms with Gasteiger partial charge in [-0.3, -0.25) is 29.3 Å². The van der Waals surface area contributed by atoms with Crippen molar-refractivity contribution in [2.45, 2.75) is 123 Å². The number of esters is 1. The molecular weight excluding hydrogens is 905 g/mol. The Morgan fingerprint density at radius 2 is 1.80 bits per heavy atom. The standard InChI is InChI=1S/C54H74N8O7S/c1-31-32(2)44(31)49(63)57-46-48(60-28-54(6,7)29-60)50-56-42(27-70-50)34-12-13-43-38(21-34)40(23-53(4,5)30-69-52(65)41-11-10-16-62(58-41)51(46)64)47(61(43)17-20-68-37-14-18-67-19-15-37)39-22-35(36-25-59(8)26-36)24-55-45(39)33(3)66-9/h12-13,21-22,24,27,31-33,36-37,41,44,46,48,58H,10-11,14-20,23,25-26,28-30H2,1-9H3,(H,57,63)/t31-,32+,33-,41-,44?,46-,48-/m0/s1. The Labute approximate surface area is 417 Å². The van der Waals surface area contributed by atoms with Crippen molar-refractivity contribution >= 4 is 40.0 Å². The second-order valence-corrected chi connectivity index (χ2v) is 23.9. The second-order valence-electron chi connectivity index (χ2n) is 23.0. The van der Waals surface area contributed by atoms with Crippen molar-refractivity contribution in [1.82, 2.24) is 40.1 Å². The molecule has 6 bridgehead atoms. The minimum atomic E-state index is -0.940. The molecule has 8 heterocycles. The first-order valence-electron chi connectivity index (χ1n) is 25.8. The van der Waals surface area contributed by atoms with Crippen LogP contribution in [0.15, 0.2) is 35.8 Å². The normalized spacial score (nSPS) is 28.2. The molecule has 16 heteroatoms. The lowest BCUT2D eigenvalue weighted by molar-refractivity contribution is -0.156. The third-order valence-corrected chi connectivity index (χ3v) is 17.1. The van der Waals surface area contributed by atoms with E-state index < -0.39 is 29.5 Å². The molecule has 4 aromatic rings. The number of aromatic nitrogens is 3. The van der Waals surface area contributed by atoms with Crippen LogP contribution in [-0.4, -0.2) is 139 Å². The van der Waals surface area contributed by atoms with Crippen LogP contribution in [0.4, 0.5) is 0 Å². The molecule has 3 aromatic heterocycles. The maximum atomic E-state index is 15.1. The van der Waals surface area contributed by atoms with E-state index in [1.807, 2.05) is 6.20 Å². The van der Waals surface area contributed by atoms with Gasteiger partial charge >= 0.3 is 5.97 Å². The SMILES string of the molecule is CO[C@@H](C)c1ncc(C2CN(C)C2)cc1-c1c2c3cc(ccc3n1CCOC1CCOCC1)-c1csc(n1)[C@@H](N1CC(C)(C)C1)[C@H](NC(=O)C1[C@@H](C)[C@H]1C)C(=O)N1CCC[C@H](N1)C(=O)OCC(C)(C)C2. The van der Waals surface area contributed by atoms with E-state index in [1.165, 1.54) is 16.9 Å². The van der Waals surface area contributed by atoms with E-state index in [2.05, 4.69) is 110 Å². The minimum absolute atomic E-state index is 0.0293. The third-order valence-electron chi connectivity index (χ3n) is 16.2. The summed E-state index contributed by atoms with van der Waals surface area (Å²) in [6.45, 7) is 21.5. The summed E-state index contributed by atoms with van der Waals surface area (Å²) in [6, 6.07) is 6.80. The number of thiazole rings is 1. The zero-order chi connectivity index (χ0) is 49.2. The summed E-state index contributed by atoms with van der Waals surface area (Å²) in [5.74, 6) is -0.119. The molecular formula is C54H74N8O7S. The van der Waals surface area contributed by atoms with Crippen molar-refractivity contribution in [3.8, 4) is 22.5 Å². The van der Waals surface area contributed by atoms with Crippen LogP contribution >= 0.6 is 11.3 Å². The van der Waals surface area contributed by atoms with Gasteiger partial charge in [-0.15, -0.1) is 11.3 Å². The molecule has 0 radical (unpaired) electrons. The smallest absolute Gasteiger partial charge is 0.324 e. The summed E-state index contributed by atoms with van der Waals surface area (Å²) < 4.78 is 27.1. The lowest BCUT2D eigenvalue weighted by Gasteiger charge is -2.51. The highest BCUT2D eigenvalue weighted by Crippen LogP contribution is 2.47. The van der Waals surface area contributed by atoms with Crippen LogP contribution in [0.1, 0.15) is 114 Å². The lowest BCUT2D eigenvalue weighted by atomic mass is 9.82. The summed E-state index contributed by atoms with van der Waals surface area (Å²) in [7, 11) is 3.89. The Morgan fingerprint density at radius 1 is 1.04 bits per heavy atom. The van der Waals surface area contributed by atoms with Gasteiger partial charge in [-0.2, -0.15) is 0 Å². The number of hydrogen-bond acceptors (Lipinski definition) is 13. The molecule has 378 valence electrons. The minimum Gasteiger partial charge on any atom is -0.464 e. The number of amides is 2. The Kier molecular flexibility index (Phi) is 13.8.